The Labute approximate surface area is 836 Å². The molecule has 0 saturated heterocycles. The molecule has 0 heterocycles. The van der Waals surface area contributed by atoms with E-state index in [1.54, 1.807) is 72.8 Å². The molecule has 0 aliphatic carbocycles. The van der Waals surface area contributed by atoms with E-state index >= 15 is 28.8 Å². The summed E-state index contributed by atoms with van der Waals surface area (Å²) in [5, 5.41) is 0.765. The molecule has 0 spiro atoms. The molecule has 0 aliphatic rings. The fraction of sp³-hybridized carbons (Fsp3) is 0.316. The number of hydrogen-bond donors (Lipinski definition) is 0. The fourth-order valence-corrected chi connectivity index (χ4v) is 14.9. The van der Waals surface area contributed by atoms with Crippen molar-refractivity contribution < 1.29 is 143 Å². The molecule has 6 atom stereocenters. The highest BCUT2D eigenvalue weighted by molar-refractivity contribution is 6.27. The van der Waals surface area contributed by atoms with E-state index in [-0.39, 0.29) is 176 Å². The summed E-state index contributed by atoms with van der Waals surface area (Å²) >= 11 is 0. The van der Waals surface area contributed by atoms with Gasteiger partial charge in [0, 0.05) is 36.5 Å². The summed E-state index contributed by atoms with van der Waals surface area (Å²) in [4.78, 5) is 163. The lowest BCUT2D eigenvalue weighted by atomic mass is 9.93. The molecule has 10 aromatic rings. The number of ether oxygens (including phenoxy) is 18. The number of carbonyl (C=O) groups excluding carboxylic acids is 12. The maximum absolute atomic E-state index is 15.1. The topological polar surface area (TPSA) is 371 Å². The molecule has 10 rings (SSSR count). The average molecular weight is 1970 g/mol. The maximum Gasteiger partial charge on any atom is 0.343 e. The number of carbonyl (C=O) groups is 12. The minimum Gasteiger partial charge on any atom is -0.494 e. The maximum atomic E-state index is 15.1. The van der Waals surface area contributed by atoms with Crippen molar-refractivity contribution in [2.75, 3.05) is 39.6 Å². The van der Waals surface area contributed by atoms with Crippen LogP contribution in [0.25, 0.3) is 32.3 Å². The van der Waals surface area contributed by atoms with Gasteiger partial charge in [0.25, 0.3) is 0 Å². The normalized spacial score (nSPS) is 12.1. The Kier molecular flexibility index (Phi) is 43.4. The van der Waals surface area contributed by atoms with E-state index < -0.39 is 71.6 Å². The highest BCUT2D eigenvalue weighted by Gasteiger charge is 2.29. The summed E-state index contributed by atoms with van der Waals surface area (Å²) < 4.78 is 108. The largest absolute Gasteiger partial charge is 0.494 e. The Hall–Kier alpha value is -16.1. The van der Waals surface area contributed by atoms with Crippen molar-refractivity contribution in [3.8, 4) is 69.0 Å². The number of fused-ring (bicyclic) bond motifs is 6. The van der Waals surface area contributed by atoms with Gasteiger partial charge in [0.15, 0.2) is 34.5 Å². The third kappa shape index (κ3) is 33.5. The number of hydrogen-bond acceptors (Lipinski definition) is 30. The Morgan fingerprint density at radius 2 is 0.333 bits per heavy atom. The van der Waals surface area contributed by atoms with Crippen LogP contribution in [0.4, 0.5) is 0 Å². The van der Waals surface area contributed by atoms with E-state index in [2.05, 4.69) is 39.5 Å². The summed E-state index contributed by atoms with van der Waals surface area (Å²) in [6.07, 6.45) is 13.5. The first kappa shape index (κ1) is 110. The monoisotopic (exact) mass is 1970 g/mol. The lowest BCUT2D eigenvalue weighted by molar-refractivity contribution is -0.144. The molecule has 0 aromatic heterocycles. The molecule has 30 heteroatoms. The predicted octanol–water partition coefficient (Wildman–Crippen LogP) is 22.5. The first-order valence-corrected chi connectivity index (χ1v) is 48.0. The van der Waals surface area contributed by atoms with Crippen LogP contribution in [0.15, 0.2) is 258 Å². The molecule has 756 valence electrons. The smallest absolute Gasteiger partial charge is 0.343 e. The zero-order valence-corrected chi connectivity index (χ0v) is 81.7. The van der Waals surface area contributed by atoms with Crippen LogP contribution in [-0.2, 0) is 57.2 Å². The van der Waals surface area contributed by atoms with Crippen LogP contribution in [0.5, 0.6) is 69.0 Å². The first-order valence-electron chi connectivity index (χ1n) is 48.0. The van der Waals surface area contributed by atoms with Gasteiger partial charge in [0.05, 0.1) is 73.0 Å². The van der Waals surface area contributed by atoms with E-state index in [1.807, 2.05) is 41.5 Å². The molecular formula is C114H120O30. The molecule has 0 amide bonds. The zero-order valence-electron chi connectivity index (χ0n) is 81.7. The van der Waals surface area contributed by atoms with Crippen LogP contribution in [0.1, 0.15) is 219 Å². The highest BCUT2D eigenvalue weighted by atomic mass is 16.6. The molecule has 144 heavy (non-hydrogen) atoms. The van der Waals surface area contributed by atoms with Gasteiger partial charge in [-0.1, -0.05) is 81.0 Å². The Bertz CT molecular complexity index is 5170. The number of esters is 12. The Balaban J connectivity index is 1.15. The van der Waals surface area contributed by atoms with Crippen molar-refractivity contribution in [3.63, 3.8) is 0 Å². The SMILES string of the molecule is C=CC(=O)OC(CC)CCCOc1ccc(C(=O)Oc2cc3c4cc(OC(=O)c5ccc(OCCCC(CC)OC(=O)C=C)cc5)c(OC(=O)c5ccc(OCCCC(CC)OC(=O)C=C)cc5)cc4c4cc(OC(=O)c5ccc(OCCCC(CC)OC(=O)C=C)cc5)c(OC(=O)c5ccc(OCCCC(CC)OC(=O)C=C)cc5)cc4c3cc2OC(=O)c2ccc(OCCCC(CC)OC(=O)C=C)cc2)cc1. The van der Waals surface area contributed by atoms with Gasteiger partial charge in [0.2, 0.25) is 0 Å². The first-order chi connectivity index (χ1) is 69.7. The summed E-state index contributed by atoms with van der Waals surface area (Å²) in [6, 6.07) is 44.3. The van der Waals surface area contributed by atoms with Gasteiger partial charge < -0.3 is 85.3 Å². The van der Waals surface area contributed by atoms with Gasteiger partial charge in [-0.3, -0.25) is 0 Å². The summed E-state index contributed by atoms with van der Waals surface area (Å²) in [5.41, 5.74) is -0.0865. The van der Waals surface area contributed by atoms with Gasteiger partial charge in [0.1, 0.15) is 71.1 Å². The van der Waals surface area contributed by atoms with E-state index in [0.29, 0.717) is 150 Å². The Morgan fingerprint density at radius 1 is 0.208 bits per heavy atom. The zero-order chi connectivity index (χ0) is 103. The van der Waals surface area contributed by atoms with Gasteiger partial charge in [-0.2, -0.15) is 0 Å². The van der Waals surface area contributed by atoms with Crippen molar-refractivity contribution in [2.24, 2.45) is 0 Å². The second-order valence-electron chi connectivity index (χ2n) is 33.0. The van der Waals surface area contributed by atoms with Crippen molar-refractivity contribution >= 4 is 104 Å². The minimum atomic E-state index is -0.976. The third-order valence-corrected chi connectivity index (χ3v) is 22.9. The van der Waals surface area contributed by atoms with Crippen LogP contribution in [-0.4, -0.2) is 148 Å². The average Bonchev–Trinajstić information content (AvgIpc) is 0.719. The third-order valence-electron chi connectivity index (χ3n) is 22.9. The minimum absolute atomic E-state index is 0.0144. The van der Waals surface area contributed by atoms with Crippen LogP contribution in [0.3, 0.4) is 0 Å². The van der Waals surface area contributed by atoms with Gasteiger partial charge in [-0.25, -0.2) is 57.5 Å². The molecule has 30 nitrogen and oxygen atoms in total. The summed E-state index contributed by atoms with van der Waals surface area (Å²) in [5.74, 6) is -9.19. The van der Waals surface area contributed by atoms with Crippen LogP contribution >= 0.6 is 0 Å². The van der Waals surface area contributed by atoms with E-state index in [4.69, 9.17) is 85.3 Å². The van der Waals surface area contributed by atoms with Crippen molar-refractivity contribution in [1.29, 1.82) is 0 Å². The highest BCUT2D eigenvalue weighted by Crippen LogP contribution is 2.49. The van der Waals surface area contributed by atoms with Crippen molar-refractivity contribution in [1.82, 2.24) is 0 Å². The lowest BCUT2D eigenvalue weighted by Crippen LogP contribution is -2.16. The second-order valence-corrected chi connectivity index (χ2v) is 33.0. The molecule has 6 unspecified atom stereocenters. The lowest BCUT2D eigenvalue weighted by Gasteiger charge is -2.19. The van der Waals surface area contributed by atoms with Crippen molar-refractivity contribution in [3.05, 3.63) is 291 Å². The number of benzene rings is 10. The molecule has 0 bridgehead atoms. The quantitative estimate of drug-likeness (QED) is 0.00853. The van der Waals surface area contributed by atoms with Crippen LogP contribution < -0.4 is 56.8 Å². The molecular weight excluding hydrogens is 1850 g/mol. The standard InChI is InChI=1S/C114H120O30/c1-13-79(133-103(115)19-7)31-25-61-127-85-49-37-73(38-50-85)109(121)139-97-67-91-92(68-98(97)140-110(122)74-39-51-86(52-40-74)128-62-26-32-80(14-2)134-104(116)20-8)94-70-100(142-112(124)76-43-55-88(56-44-76)130-64-28-34-82(16-4)136-106(118)22-10)102(144-114(126)78-47-59-90(60-48-78)132-66-30-36-84(18-6)138-108(120)24-12)72-96(94)95-71-101(143-113(125)77-45-57-89(58-46-77)131-65-29-35-83(17-5)137-107(119)23-11)99(69-93(91)95)141-111(123)75-41-53-87(54-42-75)129-63-27-33-81(15-3)135-105(117)21-9/h19-24,37-60,67-72,79-84H,7-18,25-36,61-66H2,1-6H3. The molecule has 0 aliphatic heterocycles. The van der Waals surface area contributed by atoms with Crippen molar-refractivity contribution in [2.45, 2.75) is 194 Å². The van der Waals surface area contributed by atoms with E-state index in [0.717, 1.165) is 36.5 Å². The fourth-order valence-electron chi connectivity index (χ4n) is 14.9. The van der Waals surface area contributed by atoms with E-state index in [1.165, 1.54) is 109 Å². The van der Waals surface area contributed by atoms with Gasteiger partial charge in [-0.05, 0) is 330 Å². The summed E-state index contributed by atoms with van der Waals surface area (Å²) in [7, 11) is 0. The number of rotatable bonds is 60. The predicted molar refractivity (Wildman–Crippen MR) is 538 cm³/mol. The molecule has 0 radical (unpaired) electrons. The molecule has 0 saturated carbocycles. The summed E-state index contributed by atoms with van der Waals surface area (Å²) in [6.45, 7) is 33.5. The van der Waals surface area contributed by atoms with Crippen LogP contribution in [0.2, 0.25) is 0 Å². The molecule has 0 N–H and O–H groups in total. The van der Waals surface area contributed by atoms with E-state index in [9.17, 15) is 28.8 Å². The Morgan fingerprint density at radius 3 is 0.444 bits per heavy atom. The second kappa shape index (κ2) is 56.9. The molecule has 10 aromatic carbocycles. The van der Waals surface area contributed by atoms with Gasteiger partial charge in [-0.15, -0.1) is 0 Å². The van der Waals surface area contributed by atoms with Gasteiger partial charge >= 0.3 is 71.6 Å². The molecule has 0 fully saturated rings. The van der Waals surface area contributed by atoms with Crippen LogP contribution in [0, 0.1) is 0 Å².